The highest BCUT2D eigenvalue weighted by Gasteiger charge is 2.64. The molecule has 3 saturated heterocycles. The Kier molecular flexibility index (Phi) is 4.22. The van der Waals surface area contributed by atoms with Gasteiger partial charge in [0, 0.05) is 42.5 Å². The maximum Gasteiger partial charge on any atom is 0.185 e. The Balaban J connectivity index is 1.03. The van der Waals surface area contributed by atoms with Gasteiger partial charge >= 0.3 is 0 Å². The van der Waals surface area contributed by atoms with Gasteiger partial charge in [-0.1, -0.05) is 12.1 Å². The molecule has 1 aromatic carbocycles. The maximum atomic E-state index is 13.8. The molecule has 4 unspecified atom stereocenters. The molecule has 9 rings (SSSR count). The summed E-state index contributed by atoms with van der Waals surface area (Å²) in [6, 6.07) is 9.65. The molecule has 3 aromatic rings. The number of nitrogens with two attached hydrogens (primary N) is 1. The van der Waals surface area contributed by atoms with Gasteiger partial charge in [-0.3, -0.25) is 0 Å². The molecular weight excluding hydrogens is 455 g/mol. The van der Waals surface area contributed by atoms with Crippen molar-refractivity contribution in [2.75, 3.05) is 31.1 Å². The van der Waals surface area contributed by atoms with Crippen LogP contribution in [0.25, 0.3) is 5.65 Å². The summed E-state index contributed by atoms with van der Waals surface area (Å²) in [6.07, 6.45) is 7.64. The van der Waals surface area contributed by atoms with E-state index in [9.17, 15) is 4.39 Å². The van der Waals surface area contributed by atoms with Crippen molar-refractivity contribution in [2.45, 2.75) is 62.1 Å². The predicted octanol–water partition coefficient (Wildman–Crippen LogP) is 3.26. The number of hydrogen-bond acceptors (Lipinski definition) is 6. The molecule has 2 bridgehead atoms. The molecule has 2 aromatic heterocycles. The molecule has 36 heavy (non-hydrogen) atoms. The number of nitrogens with zero attached hydrogens (tertiary/aromatic N) is 4. The fourth-order valence-electron chi connectivity index (χ4n) is 7.39. The lowest BCUT2D eigenvalue weighted by molar-refractivity contribution is -0.0421. The average molecular weight is 489 g/mol. The SMILES string of the molecule is Cc1cc(N2CC3(CCC3c3cccc(F)c3)C2)cn2nc(C34CC(CO3)C4NCC3(N)CC3)nc12. The van der Waals surface area contributed by atoms with E-state index in [1.165, 1.54) is 18.2 Å². The number of rotatable bonds is 6. The van der Waals surface area contributed by atoms with Crippen LogP contribution in [-0.4, -0.2) is 52.4 Å². The molecule has 3 aliphatic heterocycles. The zero-order valence-corrected chi connectivity index (χ0v) is 20.7. The number of halogens is 1. The topological polar surface area (TPSA) is 80.7 Å². The first kappa shape index (κ1) is 21.5. The van der Waals surface area contributed by atoms with Crippen LogP contribution in [0.1, 0.15) is 55.0 Å². The Hall–Kier alpha value is -2.55. The monoisotopic (exact) mass is 488 g/mol. The van der Waals surface area contributed by atoms with E-state index in [4.69, 9.17) is 20.6 Å². The zero-order valence-electron chi connectivity index (χ0n) is 20.7. The average Bonchev–Trinajstić information content (AvgIpc) is 3.17. The van der Waals surface area contributed by atoms with Gasteiger partial charge in [-0.25, -0.2) is 13.9 Å². The quantitative estimate of drug-likeness (QED) is 0.555. The summed E-state index contributed by atoms with van der Waals surface area (Å²) in [5, 5.41) is 8.66. The third kappa shape index (κ3) is 2.95. The van der Waals surface area contributed by atoms with Gasteiger partial charge < -0.3 is 20.7 Å². The van der Waals surface area contributed by atoms with Crippen molar-refractivity contribution >= 4 is 11.3 Å². The molecule has 4 atom stereocenters. The lowest BCUT2D eigenvalue weighted by atomic mass is 9.53. The minimum Gasteiger partial charge on any atom is -0.369 e. The van der Waals surface area contributed by atoms with E-state index in [0.717, 1.165) is 74.5 Å². The zero-order chi connectivity index (χ0) is 24.3. The Labute approximate surface area is 210 Å². The van der Waals surface area contributed by atoms with Gasteiger partial charge in [0.2, 0.25) is 0 Å². The molecule has 0 radical (unpaired) electrons. The molecule has 6 fully saturated rings. The van der Waals surface area contributed by atoms with Gasteiger partial charge in [0.25, 0.3) is 0 Å². The van der Waals surface area contributed by atoms with Crippen LogP contribution in [0.2, 0.25) is 0 Å². The van der Waals surface area contributed by atoms with Crippen LogP contribution in [0, 0.1) is 24.1 Å². The van der Waals surface area contributed by atoms with E-state index in [1.54, 1.807) is 6.07 Å². The van der Waals surface area contributed by atoms with Crippen LogP contribution < -0.4 is 16.0 Å². The summed E-state index contributed by atoms with van der Waals surface area (Å²) in [6.45, 7) is 5.72. The Morgan fingerprint density at radius 1 is 1.22 bits per heavy atom. The number of nitrogens with one attached hydrogen (secondary N) is 1. The van der Waals surface area contributed by atoms with E-state index in [-0.39, 0.29) is 22.8 Å². The number of fused-ring (bicyclic) bond motifs is 2. The highest BCUT2D eigenvalue weighted by Crippen LogP contribution is 2.59. The third-order valence-corrected chi connectivity index (χ3v) is 9.94. The molecule has 3 aliphatic carbocycles. The first-order chi connectivity index (χ1) is 17.4. The second-order valence-electron chi connectivity index (χ2n) is 12.3. The number of hydrogen-bond donors (Lipinski definition) is 2. The van der Waals surface area contributed by atoms with E-state index in [1.807, 2.05) is 10.6 Å². The van der Waals surface area contributed by atoms with Crippen LogP contribution in [0.4, 0.5) is 10.1 Å². The van der Waals surface area contributed by atoms with E-state index in [0.29, 0.717) is 11.8 Å². The Bertz CT molecular complexity index is 1370. The molecule has 188 valence electrons. The molecule has 1 spiro atoms. The van der Waals surface area contributed by atoms with E-state index < -0.39 is 5.60 Å². The first-order valence-corrected chi connectivity index (χ1v) is 13.4. The Morgan fingerprint density at radius 2 is 2.08 bits per heavy atom. The molecule has 0 amide bonds. The fourth-order valence-corrected chi connectivity index (χ4v) is 7.39. The number of ether oxygens (including phenoxy) is 1. The van der Waals surface area contributed by atoms with Gasteiger partial charge in [-0.15, -0.1) is 5.10 Å². The lowest BCUT2D eigenvalue weighted by Crippen LogP contribution is -2.63. The molecule has 3 saturated carbocycles. The lowest BCUT2D eigenvalue weighted by Gasteiger charge is -2.61. The highest BCUT2D eigenvalue weighted by molar-refractivity contribution is 5.59. The number of anilines is 1. The molecule has 3 N–H and O–H groups in total. The summed E-state index contributed by atoms with van der Waals surface area (Å²) in [4.78, 5) is 7.41. The number of pyridine rings is 1. The second kappa shape index (κ2) is 7.05. The molecule has 8 heteroatoms. The van der Waals surface area contributed by atoms with Gasteiger partial charge in [0.15, 0.2) is 11.5 Å². The maximum absolute atomic E-state index is 13.8. The van der Waals surface area contributed by atoms with Crippen LogP contribution in [-0.2, 0) is 10.3 Å². The summed E-state index contributed by atoms with van der Waals surface area (Å²) in [7, 11) is 0. The van der Waals surface area contributed by atoms with Crippen LogP contribution >= 0.6 is 0 Å². The second-order valence-corrected chi connectivity index (χ2v) is 12.3. The van der Waals surface area contributed by atoms with Crippen LogP contribution in [0.5, 0.6) is 0 Å². The number of aryl methyl sites for hydroxylation is 1. The van der Waals surface area contributed by atoms with Crippen LogP contribution in [0.3, 0.4) is 0 Å². The highest BCUT2D eigenvalue weighted by atomic mass is 19.1. The van der Waals surface area contributed by atoms with E-state index >= 15 is 0 Å². The molecule has 6 aliphatic rings. The smallest absolute Gasteiger partial charge is 0.185 e. The molecule has 7 nitrogen and oxygen atoms in total. The van der Waals surface area contributed by atoms with Gasteiger partial charge in [0.05, 0.1) is 18.5 Å². The number of aromatic nitrogens is 3. The predicted molar refractivity (Wildman–Crippen MR) is 134 cm³/mol. The minimum absolute atomic E-state index is 0.0310. The minimum atomic E-state index is -0.431. The Morgan fingerprint density at radius 3 is 2.81 bits per heavy atom. The van der Waals surface area contributed by atoms with Crippen molar-refractivity contribution in [1.29, 1.82) is 0 Å². The molecule has 5 heterocycles. The summed E-state index contributed by atoms with van der Waals surface area (Å²) >= 11 is 0. The van der Waals surface area contributed by atoms with Gasteiger partial charge in [-0.2, -0.15) is 0 Å². The van der Waals surface area contributed by atoms with Crippen molar-refractivity contribution in [3.63, 3.8) is 0 Å². The van der Waals surface area contributed by atoms with Crippen molar-refractivity contribution in [2.24, 2.45) is 17.1 Å². The standard InChI is InChI=1S/C28H33FN6O/c1-17-9-21(34-15-26(16-34)6-5-22(26)18-3-2-4-20(29)10-18)12-35-24(17)32-25(33-35)28-11-19(13-36-28)23(28)31-14-27(30)7-8-27/h2-4,9-10,12,19,22-23,31H,5-8,11,13-16,30H2,1H3. The summed E-state index contributed by atoms with van der Waals surface area (Å²) in [5.74, 6) is 1.62. The fraction of sp³-hybridized carbons (Fsp3) is 0.571. The van der Waals surface area contributed by atoms with E-state index in [2.05, 4.69) is 35.5 Å². The normalized spacial score (nSPS) is 32.9. The van der Waals surface area contributed by atoms with Gasteiger partial charge in [-0.05, 0) is 74.3 Å². The first-order valence-electron chi connectivity index (χ1n) is 13.4. The molecular formula is C28H33FN6O. The van der Waals surface area contributed by atoms with Crippen molar-refractivity contribution in [3.8, 4) is 0 Å². The summed E-state index contributed by atoms with van der Waals surface area (Å²) < 4.78 is 22.1. The van der Waals surface area contributed by atoms with Crippen molar-refractivity contribution < 1.29 is 9.13 Å². The number of benzene rings is 1. The third-order valence-electron chi connectivity index (χ3n) is 9.94. The van der Waals surface area contributed by atoms with Crippen molar-refractivity contribution in [1.82, 2.24) is 19.9 Å². The van der Waals surface area contributed by atoms with Crippen LogP contribution in [0.15, 0.2) is 36.5 Å². The largest absolute Gasteiger partial charge is 0.369 e. The summed E-state index contributed by atoms with van der Waals surface area (Å²) in [5.41, 5.74) is 10.5. The van der Waals surface area contributed by atoms with Gasteiger partial charge in [0.1, 0.15) is 11.4 Å². The van der Waals surface area contributed by atoms with Crippen molar-refractivity contribution in [3.05, 3.63) is 59.3 Å².